The second kappa shape index (κ2) is 5.69. The molecule has 0 bridgehead atoms. The molecule has 0 aliphatic rings. The zero-order valence-electron chi connectivity index (χ0n) is 8.48. The average Bonchev–Trinajstić information content (AvgIpc) is 2.28. The van der Waals surface area contributed by atoms with Crippen molar-refractivity contribution < 1.29 is 14.4 Å². The number of halogens is 1. The first-order chi connectivity index (χ1) is 7.61. The first-order valence-electron chi connectivity index (χ1n) is 4.59. The lowest BCUT2D eigenvalue weighted by atomic mass is 10.2. The monoisotopic (exact) mass is 225 g/mol. The second-order valence-corrected chi connectivity index (χ2v) is 3.17. The lowest BCUT2D eigenvalue weighted by molar-refractivity contribution is -0.120. The van der Waals surface area contributed by atoms with Gasteiger partial charge in [-0.3, -0.25) is 4.79 Å². The van der Waals surface area contributed by atoms with Crippen molar-refractivity contribution in [1.82, 2.24) is 5.32 Å². The van der Waals surface area contributed by atoms with Gasteiger partial charge in [-0.15, -0.1) is 0 Å². The van der Waals surface area contributed by atoms with E-state index in [-0.39, 0.29) is 30.5 Å². The van der Waals surface area contributed by atoms with Crippen molar-refractivity contribution in [3.05, 3.63) is 35.6 Å². The Hall–Kier alpha value is -2.11. The number of amides is 1. The predicted molar refractivity (Wildman–Crippen MR) is 56.3 cm³/mol. The molecule has 0 radical (unpaired) electrons. The minimum absolute atomic E-state index is 0.156. The smallest absolute Gasteiger partial charge is 0.227 e. The summed E-state index contributed by atoms with van der Waals surface area (Å²) in [5.41, 5.74) is 5.92. The summed E-state index contributed by atoms with van der Waals surface area (Å²) in [4.78, 5) is 11.2. The Morgan fingerprint density at radius 2 is 2.06 bits per heavy atom. The Balaban J connectivity index is 2.40. The summed E-state index contributed by atoms with van der Waals surface area (Å²) in [6.07, 6.45) is -0.169. The molecule has 4 N–H and O–H groups in total. The highest BCUT2D eigenvalue weighted by atomic mass is 19.1. The molecule has 5 nitrogen and oxygen atoms in total. The summed E-state index contributed by atoms with van der Waals surface area (Å²) in [5.74, 6) is -0.844. The molecular formula is C10H12FN3O2. The van der Waals surface area contributed by atoms with Gasteiger partial charge in [0.15, 0.2) is 0 Å². The van der Waals surface area contributed by atoms with Crippen LogP contribution in [0.2, 0.25) is 0 Å². The summed E-state index contributed by atoms with van der Waals surface area (Å²) in [5, 5.41) is 13.5. The molecule has 6 heteroatoms. The third-order valence-electron chi connectivity index (χ3n) is 1.87. The van der Waals surface area contributed by atoms with Crippen LogP contribution in [-0.4, -0.2) is 17.0 Å². The van der Waals surface area contributed by atoms with Gasteiger partial charge in [-0.2, -0.15) is 0 Å². The summed E-state index contributed by atoms with van der Waals surface area (Å²) < 4.78 is 12.6. The Kier molecular flexibility index (Phi) is 4.26. The fourth-order valence-electron chi connectivity index (χ4n) is 1.07. The number of oxime groups is 1. The molecule has 0 saturated carbocycles. The maximum Gasteiger partial charge on any atom is 0.227 e. The molecule has 1 amide bonds. The number of rotatable bonds is 4. The number of carbonyl (C=O) groups excluding carboxylic acids is 1. The number of nitrogens with zero attached hydrogens (tertiary/aromatic N) is 1. The zero-order chi connectivity index (χ0) is 12.0. The van der Waals surface area contributed by atoms with E-state index in [1.165, 1.54) is 12.1 Å². The van der Waals surface area contributed by atoms with Crippen LogP contribution in [0.15, 0.2) is 29.4 Å². The molecule has 1 aromatic carbocycles. The van der Waals surface area contributed by atoms with Crippen LogP contribution >= 0.6 is 0 Å². The number of amidine groups is 1. The first-order valence-corrected chi connectivity index (χ1v) is 4.59. The van der Waals surface area contributed by atoms with E-state index < -0.39 is 0 Å². The molecular weight excluding hydrogens is 213 g/mol. The SMILES string of the molecule is N/C(CC(=O)NCc1ccc(F)cc1)=N\O. The van der Waals surface area contributed by atoms with Crippen LogP contribution in [0.25, 0.3) is 0 Å². The standard InChI is InChI=1S/C10H12FN3O2/c11-8-3-1-7(2-4-8)6-13-10(15)5-9(12)14-16/h1-4,16H,5-6H2,(H2,12,14)(H,13,15). The highest BCUT2D eigenvalue weighted by molar-refractivity contribution is 5.98. The van der Waals surface area contributed by atoms with Gasteiger partial charge in [0, 0.05) is 6.54 Å². The maximum absolute atomic E-state index is 12.6. The van der Waals surface area contributed by atoms with Crippen molar-refractivity contribution in [2.45, 2.75) is 13.0 Å². The zero-order valence-corrected chi connectivity index (χ0v) is 8.48. The van der Waals surface area contributed by atoms with E-state index in [1.54, 1.807) is 12.1 Å². The van der Waals surface area contributed by atoms with E-state index in [2.05, 4.69) is 10.5 Å². The number of nitrogens with two attached hydrogens (primary N) is 1. The molecule has 86 valence electrons. The van der Waals surface area contributed by atoms with E-state index >= 15 is 0 Å². The van der Waals surface area contributed by atoms with Crippen LogP contribution in [0.1, 0.15) is 12.0 Å². The van der Waals surface area contributed by atoms with Crippen molar-refractivity contribution in [2.75, 3.05) is 0 Å². The van der Waals surface area contributed by atoms with Gasteiger partial charge in [0.05, 0.1) is 6.42 Å². The third kappa shape index (κ3) is 3.95. The topological polar surface area (TPSA) is 87.7 Å². The van der Waals surface area contributed by atoms with E-state index in [9.17, 15) is 9.18 Å². The van der Waals surface area contributed by atoms with Crippen molar-refractivity contribution >= 4 is 11.7 Å². The van der Waals surface area contributed by atoms with Crippen LogP contribution < -0.4 is 11.1 Å². The number of hydrogen-bond acceptors (Lipinski definition) is 3. The van der Waals surface area contributed by atoms with Crippen molar-refractivity contribution in [3.63, 3.8) is 0 Å². The number of hydrogen-bond donors (Lipinski definition) is 3. The van der Waals surface area contributed by atoms with Crippen LogP contribution in [0.3, 0.4) is 0 Å². The molecule has 0 aromatic heterocycles. The van der Waals surface area contributed by atoms with E-state index in [0.717, 1.165) is 5.56 Å². The summed E-state index contributed by atoms with van der Waals surface area (Å²) in [6, 6.07) is 5.76. The lowest BCUT2D eigenvalue weighted by Crippen LogP contribution is -2.28. The fraction of sp³-hybridized carbons (Fsp3) is 0.200. The molecule has 0 fully saturated rings. The minimum Gasteiger partial charge on any atom is -0.409 e. The molecule has 0 unspecified atom stereocenters. The Labute approximate surface area is 91.8 Å². The van der Waals surface area contributed by atoms with Gasteiger partial charge in [0.2, 0.25) is 5.91 Å². The maximum atomic E-state index is 12.6. The molecule has 0 atom stereocenters. The van der Waals surface area contributed by atoms with Crippen molar-refractivity contribution in [1.29, 1.82) is 0 Å². The molecule has 16 heavy (non-hydrogen) atoms. The molecule has 1 aromatic rings. The molecule has 0 saturated heterocycles. The van der Waals surface area contributed by atoms with Gasteiger partial charge in [-0.1, -0.05) is 17.3 Å². The van der Waals surface area contributed by atoms with E-state index in [1.807, 2.05) is 0 Å². The average molecular weight is 225 g/mol. The van der Waals surface area contributed by atoms with Crippen LogP contribution in [0, 0.1) is 5.82 Å². The molecule has 0 aliphatic heterocycles. The lowest BCUT2D eigenvalue weighted by Gasteiger charge is -2.04. The van der Waals surface area contributed by atoms with Gasteiger partial charge in [0.25, 0.3) is 0 Å². The largest absolute Gasteiger partial charge is 0.409 e. The highest BCUT2D eigenvalue weighted by Gasteiger charge is 2.04. The minimum atomic E-state index is -0.361. The Bertz CT molecular complexity index is 390. The van der Waals surface area contributed by atoms with Gasteiger partial charge >= 0.3 is 0 Å². The van der Waals surface area contributed by atoms with Crippen LogP contribution in [0.5, 0.6) is 0 Å². The van der Waals surface area contributed by atoms with Crippen molar-refractivity contribution in [2.24, 2.45) is 10.9 Å². The highest BCUT2D eigenvalue weighted by Crippen LogP contribution is 2.01. The van der Waals surface area contributed by atoms with Gasteiger partial charge < -0.3 is 16.3 Å². The second-order valence-electron chi connectivity index (χ2n) is 3.17. The summed E-state index contributed by atoms with van der Waals surface area (Å²) in [6.45, 7) is 0.276. The van der Waals surface area contributed by atoms with Crippen LogP contribution in [0.4, 0.5) is 4.39 Å². The Morgan fingerprint density at radius 3 is 2.62 bits per heavy atom. The normalized spacial score (nSPS) is 11.2. The number of benzene rings is 1. The van der Waals surface area contributed by atoms with E-state index in [0.29, 0.717) is 0 Å². The molecule has 1 rings (SSSR count). The third-order valence-corrected chi connectivity index (χ3v) is 1.87. The Morgan fingerprint density at radius 1 is 1.44 bits per heavy atom. The fourth-order valence-corrected chi connectivity index (χ4v) is 1.07. The summed E-state index contributed by atoms with van der Waals surface area (Å²) in [7, 11) is 0. The first kappa shape index (κ1) is 12.0. The number of carbonyl (C=O) groups is 1. The summed E-state index contributed by atoms with van der Waals surface area (Å²) >= 11 is 0. The van der Waals surface area contributed by atoms with Crippen LogP contribution in [-0.2, 0) is 11.3 Å². The molecule has 0 heterocycles. The molecule has 0 spiro atoms. The molecule has 0 aliphatic carbocycles. The number of nitrogens with one attached hydrogen (secondary N) is 1. The quantitative estimate of drug-likeness (QED) is 0.303. The van der Waals surface area contributed by atoms with Gasteiger partial charge in [-0.05, 0) is 17.7 Å². The van der Waals surface area contributed by atoms with Gasteiger partial charge in [-0.25, -0.2) is 4.39 Å². The van der Waals surface area contributed by atoms with E-state index in [4.69, 9.17) is 10.9 Å². The predicted octanol–water partition coefficient (Wildman–Crippen LogP) is 0.578. The van der Waals surface area contributed by atoms with Crippen molar-refractivity contribution in [3.8, 4) is 0 Å². The van der Waals surface area contributed by atoms with Gasteiger partial charge in [0.1, 0.15) is 11.7 Å².